The number of hydrogen-bond acceptors (Lipinski definition) is 5. The van der Waals surface area contributed by atoms with Crippen LogP contribution in [0.3, 0.4) is 0 Å². The van der Waals surface area contributed by atoms with Crippen LogP contribution in [0.4, 0.5) is 4.39 Å². The van der Waals surface area contributed by atoms with E-state index < -0.39 is 0 Å². The Bertz CT molecular complexity index is 978. The second-order valence-electron chi connectivity index (χ2n) is 7.90. The van der Waals surface area contributed by atoms with Crippen molar-refractivity contribution >= 4 is 0 Å². The van der Waals surface area contributed by atoms with Crippen molar-refractivity contribution in [2.75, 3.05) is 19.6 Å². The molecule has 0 aliphatic carbocycles. The van der Waals surface area contributed by atoms with Gasteiger partial charge in [0.1, 0.15) is 17.5 Å². The smallest absolute Gasteiger partial charge is 0.147 e. The molecule has 0 amide bonds. The quantitative estimate of drug-likeness (QED) is 0.740. The van der Waals surface area contributed by atoms with Crippen molar-refractivity contribution in [1.29, 1.82) is 0 Å². The summed E-state index contributed by atoms with van der Waals surface area (Å²) in [6.45, 7) is 5.30. The molecule has 0 atom stereocenters. The molecule has 0 spiro atoms. The van der Waals surface area contributed by atoms with Gasteiger partial charge in [0.15, 0.2) is 0 Å². The van der Waals surface area contributed by atoms with Crippen molar-refractivity contribution in [3.63, 3.8) is 0 Å². The molecule has 1 saturated heterocycles. The number of benzene rings is 1. The lowest BCUT2D eigenvalue weighted by molar-refractivity contribution is 0.197. The summed E-state index contributed by atoms with van der Waals surface area (Å²) in [4.78, 5) is 6.37. The van der Waals surface area contributed by atoms with E-state index in [0.29, 0.717) is 12.5 Å². The Labute approximate surface area is 169 Å². The Hall–Kier alpha value is -2.64. The standard InChI is InChI=1S/C22H25FN6/c23-20-13-18(16-3-7-24-8-4-16)1-2-19(20)15-28-10-5-17(6-11-28)22-27-26-21-14-25-9-12-29(21)22/h1-4,7-8,13,17,25H,5-6,9-12,14-15H2. The van der Waals surface area contributed by atoms with Gasteiger partial charge in [-0.05, 0) is 55.3 Å². The predicted molar refractivity (Wildman–Crippen MR) is 109 cm³/mol. The first-order valence-electron chi connectivity index (χ1n) is 10.3. The highest BCUT2D eigenvalue weighted by Gasteiger charge is 2.27. The van der Waals surface area contributed by atoms with E-state index in [4.69, 9.17) is 0 Å². The summed E-state index contributed by atoms with van der Waals surface area (Å²) in [7, 11) is 0. The normalized spacial score (nSPS) is 18.0. The van der Waals surface area contributed by atoms with Gasteiger partial charge >= 0.3 is 0 Å². The summed E-state index contributed by atoms with van der Waals surface area (Å²) in [6, 6.07) is 9.35. The minimum absolute atomic E-state index is 0.138. The van der Waals surface area contributed by atoms with Crippen LogP contribution in [0.5, 0.6) is 0 Å². The van der Waals surface area contributed by atoms with E-state index in [9.17, 15) is 4.39 Å². The van der Waals surface area contributed by atoms with Gasteiger partial charge in [-0.15, -0.1) is 10.2 Å². The average Bonchev–Trinajstić information content (AvgIpc) is 3.20. The lowest BCUT2D eigenvalue weighted by atomic mass is 9.95. The summed E-state index contributed by atoms with van der Waals surface area (Å²) in [5.74, 6) is 2.49. The highest BCUT2D eigenvalue weighted by molar-refractivity contribution is 5.63. The summed E-state index contributed by atoms with van der Waals surface area (Å²) < 4.78 is 17.0. The Kier molecular flexibility index (Phi) is 5.08. The van der Waals surface area contributed by atoms with Crippen LogP contribution in [-0.4, -0.2) is 44.3 Å². The number of aromatic nitrogens is 4. The van der Waals surface area contributed by atoms with Crippen LogP contribution in [0.25, 0.3) is 11.1 Å². The van der Waals surface area contributed by atoms with Crippen LogP contribution in [-0.2, 0) is 19.6 Å². The molecule has 4 heterocycles. The third-order valence-electron chi connectivity index (χ3n) is 6.06. The molecule has 1 fully saturated rings. The van der Waals surface area contributed by atoms with Crippen LogP contribution >= 0.6 is 0 Å². The Morgan fingerprint density at radius 1 is 1.00 bits per heavy atom. The number of nitrogens with zero attached hydrogens (tertiary/aromatic N) is 5. The Balaban J connectivity index is 1.22. The highest BCUT2D eigenvalue weighted by atomic mass is 19.1. The molecule has 0 bridgehead atoms. The topological polar surface area (TPSA) is 58.9 Å². The first kappa shape index (κ1) is 18.4. The van der Waals surface area contributed by atoms with Crippen LogP contribution in [0.1, 0.15) is 36.0 Å². The molecule has 2 aromatic heterocycles. The van der Waals surface area contributed by atoms with Crippen LogP contribution < -0.4 is 5.32 Å². The van der Waals surface area contributed by atoms with E-state index in [1.807, 2.05) is 24.3 Å². The summed E-state index contributed by atoms with van der Waals surface area (Å²) in [5, 5.41) is 12.2. The third kappa shape index (κ3) is 3.80. The molecule has 3 aromatic rings. The molecule has 1 aromatic carbocycles. The number of rotatable bonds is 4. The van der Waals surface area contributed by atoms with Crippen LogP contribution in [0.2, 0.25) is 0 Å². The molecule has 29 heavy (non-hydrogen) atoms. The SMILES string of the molecule is Fc1cc(-c2ccncc2)ccc1CN1CCC(c2nnc3n2CCNC3)CC1. The lowest BCUT2D eigenvalue weighted by Gasteiger charge is -2.32. The summed E-state index contributed by atoms with van der Waals surface area (Å²) >= 11 is 0. The molecule has 2 aliphatic heterocycles. The first-order valence-corrected chi connectivity index (χ1v) is 10.3. The van der Waals surface area contributed by atoms with Crippen molar-refractivity contribution in [2.24, 2.45) is 0 Å². The largest absolute Gasteiger partial charge is 0.312 e. The molecule has 2 aliphatic rings. The predicted octanol–water partition coefficient (Wildman–Crippen LogP) is 2.96. The maximum absolute atomic E-state index is 14.7. The second kappa shape index (κ2) is 8.00. The molecular weight excluding hydrogens is 367 g/mol. The third-order valence-corrected chi connectivity index (χ3v) is 6.06. The number of pyridine rings is 1. The molecule has 0 unspecified atom stereocenters. The average molecular weight is 392 g/mol. The minimum Gasteiger partial charge on any atom is -0.312 e. The van der Waals surface area contributed by atoms with Gasteiger partial charge in [-0.2, -0.15) is 0 Å². The molecule has 6 nitrogen and oxygen atoms in total. The summed E-state index contributed by atoms with van der Waals surface area (Å²) in [5.41, 5.74) is 2.63. The molecule has 1 N–H and O–H groups in total. The van der Waals surface area contributed by atoms with Crippen molar-refractivity contribution in [3.05, 3.63) is 65.8 Å². The fourth-order valence-corrected chi connectivity index (χ4v) is 4.41. The second-order valence-corrected chi connectivity index (χ2v) is 7.90. The molecule has 5 rings (SSSR count). The number of hydrogen-bond donors (Lipinski definition) is 1. The van der Waals surface area contributed by atoms with Crippen molar-refractivity contribution in [2.45, 2.75) is 38.4 Å². The number of fused-ring (bicyclic) bond motifs is 1. The van der Waals surface area contributed by atoms with Crippen molar-refractivity contribution in [3.8, 4) is 11.1 Å². The first-order chi connectivity index (χ1) is 14.3. The van der Waals surface area contributed by atoms with Gasteiger partial charge in [-0.1, -0.05) is 12.1 Å². The van der Waals surface area contributed by atoms with Gasteiger partial charge in [-0.25, -0.2) is 4.39 Å². The van der Waals surface area contributed by atoms with Crippen LogP contribution in [0.15, 0.2) is 42.7 Å². The van der Waals surface area contributed by atoms with Crippen molar-refractivity contribution in [1.82, 2.24) is 30.0 Å². The molecule has 0 radical (unpaired) electrons. The number of piperidine rings is 1. The van der Waals surface area contributed by atoms with Gasteiger partial charge in [0.2, 0.25) is 0 Å². The highest BCUT2D eigenvalue weighted by Crippen LogP contribution is 2.29. The Morgan fingerprint density at radius 3 is 2.62 bits per heavy atom. The van der Waals surface area contributed by atoms with Crippen molar-refractivity contribution < 1.29 is 4.39 Å². The zero-order valence-corrected chi connectivity index (χ0v) is 16.4. The monoisotopic (exact) mass is 392 g/mol. The van der Waals surface area contributed by atoms with Gasteiger partial charge in [-0.3, -0.25) is 9.88 Å². The zero-order valence-electron chi connectivity index (χ0n) is 16.4. The maximum Gasteiger partial charge on any atom is 0.147 e. The fourth-order valence-electron chi connectivity index (χ4n) is 4.41. The zero-order chi connectivity index (χ0) is 19.6. The number of likely N-dealkylation sites (tertiary alicyclic amines) is 1. The van der Waals surface area contributed by atoms with Gasteiger partial charge < -0.3 is 9.88 Å². The number of halogens is 1. The Morgan fingerprint density at radius 2 is 1.83 bits per heavy atom. The summed E-state index contributed by atoms with van der Waals surface area (Å²) in [6.07, 6.45) is 5.55. The maximum atomic E-state index is 14.7. The molecule has 150 valence electrons. The van der Waals surface area contributed by atoms with Gasteiger partial charge in [0.05, 0.1) is 6.54 Å². The van der Waals surface area contributed by atoms with E-state index in [2.05, 4.69) is 30.0 Å². The molecule has 7 heteroatoms. The van der Waals surface area contributed by atoms with E-state index in [0.717, 1.165) is 73.9 Å². The lowest BCUT2D eigenvalue weighted by Crippen LogP contribution is -2.35. The molecular formula is C22H25FN6. The molecule has 0 saturated carbocycles. The number of nitrogens with one attached hydrogen (secondary N) is 1. The van der Waals surface area contributed by atoms with E-state index in [1.165, 1.54) is 0 Å². The van der Waals surface area contributed by atoms with E-state index in [1.54, 1.807) is 18.5 Å². The van der Waals surface area contributed by atoms with Gasteiger partial charge in [0.25, 0.3) is 0 Å². The van der Waals surface area contributed by atoms with E-state index >= 15 is 0 Å². The van der Waals surface area contributed by atoms with E-state index in [-0.39, 0.29) is 5.82 Å². The minimum atomic E-state index is -0.138. The van der Waals surface area contributed by atoms with Crippen LogP contribution in [0, 0.1) is 5.82 Å². The van der Waals surface area contributed by atoms with Gasteiger partial charge in [0, 0.05) is 43.5 Å². The fraction of sp³-hybridized carbons (Fsp3) is 0.409.